The van der Waals surface area contributed by atoms with Crippen molar-refractivity contribution in [2.24, 2.45) is 0 Å². The summed E-state index contributed by atoms with van der Waals surface area (Å²) in [5.41, 5.74) is 9.37. The van der Waals surface area contributed by atoms with Gasteiger partial charge in [0.15, 0.2) is 23.0 Å². The zero-order valence-electron chi connectivity index (χ0n) is 15.8. The fourth-order valence-corrected chi connectivity index (χ4v) is 1.86. The van der Waals surface area contributed by atoms with E-state index in [1.165, 1.54) is 12.1 Å². The Kier molecular flexibility index (Phi) is 15.0. The Labute approximate surface area is 170 Å². The molecule has 0 aliphatic rings. The number of hydrogen-bond acceptors (Lipinski definition) is 10. The molecule has 0 saturated carbocycles. The number of rotatable bonds is 4. The average Bonchev–Trinajstić information content (AvgIpc) is 2.62. The lowest BCUT2D eigenvalue weighted by Gasteiger charge is -1.99. The maximum absolute atomic E-state index is 9.06. The first-order valence-electron chi connectivity index (χ1n) is 8.17. The number of benzene rings is 2. The molecule has 0 aromatic heterocycles. The minimum absolute atomic E-state index is 0.0593. The highest BCUT2D eigenvalue weighted by Crippen LogP contribution is 2.25. The van der Waals surface area contributed by atoms with Crippen molar-refractivity contribution in [1.29, 1.82) is 0 Å². The summed E-state index contributed by atoms with van der Waals surface area (Å²) in [6.45, 7) is 1.59. The van der Waals surface area contributed by atoms with Crippen LogP contribution in [-0.2, 0) is 12.8 Å². The molecule has 0 radical (unpaired) electrons. The fraction of sp³-hybridized carbons (Fsp3) is 0.250. The highest BCUT2D eigenvalue weighted by Gasteiger charge is 2.00. The molecule has 2 aromatic rings. The quantitative estimate of drug-likeness (QED) is 0.200. The minimum atomic E-state index is -1.75. The Hall–Kier alpha value is -4.04. The molecule has 10 N–H and O–H groups in total. The zero-order valence-corrected chi connectivity index (χ0v) is 15.8. The second-order valence-electron chi connectivity index (χ2n) is 5.30. The molecule has 0 aliphatic heterocycles. The van der Waals surface area contributed by atoms with Gasteiger partial charge in [0.05, 0.1) is 23.3 Å². The summed E-state index contributed by atoms with van der Waals surface area (Å²) in [5.74, 6) is -0.262. The number of quaternary nitrogens is 2. The van der Waals surface area contributed by atoms with Crippen LogP contribution in [0.5, 0.6) is 23.0 Å². The maximum Gasteiger partial charge on any atom is 0.157 e. The molecule has 0 aliphatic carbocycles. The fourth-order valence-electron chi connectivity index (χ4n) is 1.86. The van der Waals surface area contributed by atoms with E-state index in [-0.39, 0.29) is 23.0 Å². The molecule has 2 rings (SSSR count). The molecule has 0 atom stereocenters. The SMILES string of the molecule is O=[N+]([O-])[O-].O=[N+]([O-])[O-].[NH3+]CCc1ccc(O)c(O)c1.[NH3+]CCc1ccc(O)c(O)c1. The van der Waals surface area contributed by atoms with E-state index in [0.29, 0.717) is 0 Å². The minimum Gasteiger partial charge on any atom is -0.504 e. The summed E-state index contributed by atoms with van der Waals surface area (Å²) in [6, 6.07) is 9.64. The zero-order chi connectivity index (χ0) is 23.7. The van der Waals surface area contributed by atoms with E-state index in [9.17, 15) is 0 Å². The summed E-state index contributed by atoms with van der Waals surface area (Å²) >= 11 is 0. The first-order valence-corrected chi connectivity index (χ1v) is 8.17. The Bertz CT molecular complexity index is 715. The highest BCUT2D eigenvalue weighted by atomic mass is 16.9. The van der Waals surface area contributed by atoms with Crippen molar-refractivity contribution >= 4 is 0 Å². The summed E-state index contributed by atoms with van der Waals surface area (Å²) in [5, 5.41) is 65.5. The van der Waals surface area contributed by atoms with Crippen molar-refractivity contribution < 1.29 is 42.1 Å². The molecule has 0 unspecified atom stereocenters. The van der Waals surface area contributed by atoms with Gasteiger partial charge in [-0.05, 0) is 35.4 Å². The van der Waals surface area contributed by atoms with Crippen molar-refractivity contribution in [2.75, 3.05) is 13.1 Å². The Morgan fingerprint density at radius 1 is 0.633 bits per heavy atom. The van der Waals surface area contributed by atoms with Crippen LogP contribution in [0.2, 0.25) is 0 Å². The summed E-state index contributed by atoms with van der Waals surface area (Å²) < 4.78 is 0. The smallest absolute Gasteiger partial charge is 0.157 e. The molecule has 14 heteroatoms. The average molecular weight is 432 g/mol. The van der Waals surface area contributed by atoms with Crippen molar-refractivity contribution in [3.05, 3.63) is 78.2 Å². The molecular weight excluding hydrogens is 408 g/mol. The van der Waals surface area contributed by atoms with Crippen LogP contribution in [-0.4, -0.2) is 43.7 Å². The summed E-state index contributed by atoms with van der Waals surface area (Å²) in [7, 11) is 0. The van der Waals surface area contributed by atoms with Crippen molar-refractivity contribution in [3.63, 3.8) is 0 Å². The number of phenolic OH excluding ortho intramolecular Hbond substituents is 4. The summed E-state index contributed by atoms with van der Waals surface area (Å²) in [4.78, 5) is 16.5. The molecule has 168 valence electrons. The van der Waals surface area contributed by atoms with E-state index in [4.69, 9.17) is 51.1 Å². The van der Waals surface area contributed by atoms with E-state index in [2.05, 4.69) is 11.5 Å². The van der Waals surface area contributed by atoms with Crippen LogP contribution < -0.4 is 11.5 Å². The number of hydrogen-bond donors (Lipinski definition) is 6. The maximum atomic E-state index is 9.06. The van der Waals surface area contributed by atoms with Crippen LogP contribution in [0.3, 0.4) is 0 Å². The van der Waals surface area contributed by atoms with Gasteiger partial charge >= 0.3 is 0 Å². The molecule has 0 spiro atoms. The van der Waals surface area contributed by atoms with E-state index in [0.717, 1.165) is 37.1 Å². The molecule has 2 aromatic carbocycles. The number of aromatic hydroxyl groups is 4. The van der Waals surface area contributed by atoms with Crippen molar-refractivity contribution in [3.8, 4) is 23.0 Å². The van der Waals surface area contributed by atoms with Crippen LogP contribution >= 0.6 is 0 Å². The Morgan fingerprint density at radius 3 is 1.10 bits per heavy atom. The van der Waals surface area contributed by atoms with Crippen LogP contribution in [0, 0.1) is 30.6 Å². The van der Waals surface area contributed by atoms with Gasteiger partial charge in [-0.1, -0.05) is 12.1 Å². The van der Waals surface area contributed by atoms with Crippen LogP contribution in [0.4, 0.5) is 0 Å². The monoisotopic (exact) mass is 432 g/mol. The largest absolute Gasteiger partial charge is 0.504 e. The first-order chi connectivity index (χ1) is 13.9. The number of nitrogens with zero attached hydrogens (tertiary/aromatic N) is 2. The van der Waals surface area contributed by atoms with Crippen LogP contribution in [0.25, 0.3) is 0 Å². The van der Waals surface area contributed by atoms with E-state index in [1.54, 1.807) is 24.3 Å². The van der Waals surface area contributed by atoms with Gasteiger partial charge in [0.2, 0.25) is 0 Å². The molecule has 30 heavy (non-hydrogen) atoms. The van der Waals surface area contributed by atoms with Crippen molar-refractivity contribution in [1.82, 2.24) is 0 Å². The molecular formula is C16H24N4O10. The van der Waals surface area contributed by atoms with Crippen LogP contribution in [0.15, 0.2) is 36.4 Å². The normalized spacial score (nSPS) is 8.87. The third-order valence-corrected chi connectivity index (χ3v) is 3.01. The standard InChI is InChI=1S/2C8H11NO2.2NO3/c2*9-4-3-6-1-2-7(10)8(11)5-6;2*2-1(3)4/h2*1-2,5,10-11H,3-4,9H2;;/q;;2*-1/p+2. The molecule has 0 fully saturated rings. The molecule has 0 amide bonds. The van der Waals surface area contributed by atoms with Gasteiger partial charge in [-0.2, -0.15) is 0 Å². The van der Waals surface area contributed by atoms with Gasteiger partial charge < -0.3 is 62.5 Å². The second kappa shape index (κ2) is 16.0. The predicted molar refractivity (Wildman–Crippen MR) is 103 cm³/mol. The van der Waals surface area contributed by atoms with Gasteiger partial charge in [-0.15, -0.1) is 0 Å². The van der Waals surface area contributed by atoms with E-state index in [1.807, 2.05) is 0 Å². The predicted octanol–water partition coefficient (Wildman–Crippen LogP) is -0.714. The van der Waals surface area contributed by atoms with Gasteiger partial charge in [0.25, 0.3) is 0 Å². The van der Waals surface area contributed by atoms with Gasteiger partial charge in [-0.3, -0.25) is 0 Å². The van der Waals surface area contributed by atoms with Gasteiger partial charge in [0.1, 0.15) is 0 Å². The van der Waals surface area contributed by atoms with E-state index >= 15 is 0 Å². The summed E-state index contributed by atoms with van der Waals surface area (Å²) in [6.07, 6.45) is 1.65. The third kappa shape index (κ3) is 16.2. The Balaban J connectivity index is 0. The van der Waals surface area contributed by atoms with E-state index < -0.39 is 10.2 Å². The van der Waals surface area contributed by atoms with Gasteiger partial charge in [0, 0.05) is 12.8 Å². The second-order valence-corrected chi connectivity index (χ2v) is 5.30. The number of phenols is 4. The van der Waals surface area contributed by atoms with Gasteiger partial charge in [-0.25, -0.2) is 0 Å². The topological polar surface area (TPSA) is 269 Å². The lowest BCUT2D eigenvalue weighted by Crippen LogP contribution is -2.51. The molecule has 14 nitrogen and oxygen atoms in total. The third-order valence-electron chi connectivity index (χ3n) is 3.01. The van der Waals surface area contributed by atoms with Crippen molar-refractivity contribution in [2.45, 2.75) is 12.8 Å². The van der Waals surface area contributed by atoms with Crippen LogP contribution in [0.1, 0.15) is 11.1 Å². The molecule has 0 saturated heterocycles. The lowest BCUT2D eigenvalue weighted by molar-refractivity contribution is -0.403. The lowest BCUT2D eigenvalue weighted by atomic mass is 10.1. The first kappa shape index (κ1) is 28.2. The Morgan fingerprint density at radius 2 is 0.900 bits per heavy atom. The molecule has 0 bridgehead atoms. The molecule has 0 heterocycles. The highest BCUT2D eigenvalue weighted by molar-refractivity contribution is 5.41.